The zero-order valence-electron chi connectivity index (χ0n) is 15.1. The molecule has 4 aliphatic carbocycles. The molecule has 1 unspecified atom stereocenters. The van der Waals surface area contributed by atoms with Gasteiger partial charge < -0.3 is 10.3 Å². The van der Waals surface area contributed by atoms with Gasteiger partial charge in [-0.25, -0.2) is 10.4 Å². The van der Waals surface area contributed by atoms with Gasteiger partial charge in [-0.2, -0.15) is 0 Å². The van der Waals surface area contributed by atoms with Crippen LogP contribution in [0.15, 0.2) is 11.6 Å². The number of fused-ring (bicyclic) bond motifs is 5. The highest BCUT2D eigenvalue weighted by Gasteiger charge is 2.59. The number of quaternary nitrogens is 1. The summed E-state index contributed by atoms with van der Waals surface area (Å²) in [6.07, 6.45) is 11.4. The first-order valence-corrected chi connectivity index (χ1v) is 9.92. The average molecular weight is 335 g/mol. The van der Waals surface area contributed by atoms with Gasteiger partial charge in [0.05, 0.1) is 6.10 Å². The Morgan fingerprint density at radius 1 is 1.12 bits per heavy atom. The van der Waals surface area contributed by atoms with E-state index in [2.05, 4.69) is 19.9 Å². The maximum absolute atomic E-state index is 11.1. The molecule has 0 radical (unpaired) electrons. The SMILES string of the molecule is C[C@]12CC=C(C[NH+]([O-])O)C[C@@H]1CC[C@@H]1[C@H]2CC[C@]2(C)[C@@H](O)CC[C@@H]12. The summed E-state index contributed by atoms with van der Waals surface area (Å²) in [5, 5.41) is 30.0. The van der Waals surface area contributed by atoms with E-state index in [-0.39, 0.29) is 18.1 Å². The highest BCUT2D eigenvalue weighted by Crippen LogP contribution is 2.65. The number of aliphatic hydroxyl groups excluding tert-OH is 1. The lowest BCUT2D eigenvalue weighted by Gasteiger charge is -2.59. The number of aliphatic hydroxyl groups is 1. The molecular weight excluding hydrogens is 302 g/mol. The van der Waals surface area contributed by atoms with Crippen molar-refractivity contribution in [1.29, 1.82) is 0 Å². The van der Waals surface area contributed by atoms with Crippen molar-refractivity contribution in [2.75, 3.05) is 6.54 Å². The molecule has 0 aromatic heterocycles. The van der Waals surface area contributed by atoms with Gasteiger partial charge in [0, 0.05) is 0 Å². The van der Waals surface area contributed by atoms with Crippen LogP contribution in [0.2, 0.25) is 0 Å². The molecule has 4 rings (SSSR count). The van der Waals surface area contributed by atoms with E-state index in [1.165, 1.54) is 32.1 Å². The summed E-state index contributed by atoms with van der Waals surface area (Å²) in [6, 6.07) is 0. The Morgan fingerprint density at radius 2 is 1.88 bits per heavy atom. The molecule has 3 saturated carbocycles. The lowest BCUT2D eigenvalue weighted by atomic mass is 9.45. The van der Waals surface area contributed by atoms with E-state index >= 15 is 0 Å². The van der Waals surface area contributed by atoms with Crippen molar-refractivity contribution in [1.82, 2.24) is 0 Å². The molecule has 4 nitrogen and oxygen atoms in total. The topological polar surface area (TPSA) is 68.0 Å². The monoisotopic (exact) mass is 335 g/mol. The van der Waals surface area contributed by atoms with Crippen molar-refractivity contribution in [2.45, 2.75) is 71.3 Å². The molecule has 4 heteroatoms. The first kappa shape index (κ1) is 17.0. The van der Waals surface area contributed by atoms with Crippen molar-refractivity contribution in [3.05, 3.63) is 16.9 Å². The van der Waals surface area contributed by atoms with Gasteiger partial charge in [0.2, 0.25) is 0 Å². The molecule has 3 fully saturated rings. The standard InChI is InChI=1S/C20H33NO3/c1-19-9-7-13(12-21(23)24)11-14(19)3-4-15-16-5-6-18(22)20(16,2)10-8-17(15)19/h7,14-18,21-23H,3-6,8-12H2,1-2H3/t14-,15-,16-,17+,18-,19-,20-/m0/s1. The minimum Gasteiger partial charge on any atom is -0.600 e. The van der Waals surface area contributed by atoms with Crippen molar-refractivity contribution in [3.8, 4) is 0 Å². The predicted octanol–water partition coefficient (Wildman–Crippen LogP) is 2.70. The maximum Gasteiger partial charge on any atom is 0.128 e. The third kappa shape index (κ3) is 2.41. The number of rotatable bonds is 2. The van der Waals surface area contributed by atoms with E-state index in [4.69, 9.17) is 5.21 Å². The van der Waals surface area contributed by atoms with E-state index in [1.54, 1.807) is 0 Å². The molecule has 0 aliphatic heterocycles. The Morgan fingerprint density at radius 3 is 2.62 bits per heavy atom. The van der Waals surface area contributed by atoms with Gasteiger partial charge in [0.15, 0.2) is 0 Å². The lowest BCUT2D eigenvalue weighted by molar-refractivity contribution is -1.04. The molecule has 0 heterocycles. The molecule has 8 atom stereocenters. The van der Waals surface area contributed by atoms with Crippen molar-refractivity contribution in [3.63, 3.8) is 0 Å². The number of nitrogens with one attached hydrogen (secondary N) is 1. The molecule has 136 valence electrons. The number of hydrogen-bond donors (Lipinski definition) is 3. The fraction of sp³-hybridized carbons (Fsp3) is 0.900. The molecule has 0 spiro atoms. The van der Waals surface area contributed by atoms with Crippen LogP contribution in [0, 0.1) is 39.7 Å². The van der Waals surface area contributed by atoms with Crippen LogP contribution in [0.3, 0.4) is 0 Å². The minimum atomic E-state index is -0.688. The minimum absolute atomic E-state index is 0.0950. The summed E-state index contributed by atoms with van der Waals surface area (Å²) in [4.78, 5) is 0. The molecule has 24 heavy (non-hydrogen) atoms. The van der Waals surface area contributed by atoms with Crippen molar-refractivity contribution < 1.29 is 15.5 Å². The summed E-state index contributed by atoms with van der Waals surface area (Å²) in [7, 11) is 0. The van der Waals surface area contributed by atoms with Gasteiger partial charge >= 0.3 is 0 Å². The molecule has 3 N–H and O–H groups in total. The van der Waals surface area contributed by atoms with Crippen LogP contribution in [0.25, 0.3) is 0 Å². The predicted molar refractivity (Wildman–Crippen MR) is 92.2 cm³/mol. The Hall–Kier alpha value is -0.420. The third-order valence-electron chi connectivity index (χ3n) is 8.73. The van der Waals surface area contributed by atoms with E-state index in [9.17, 15) is 10.3 Å². The first-order chi connectivity index (χ1) is 11.3. The number of allylic oxidation sites excluding steroid dienone is 1. The Bertz CT molecular complexity index is 533. The second-order valence-corrected chi connectivity index (χ2v) is 9.64. The number of hydrogen-bond acceptors (Lipinski definition) is 3. The van der Waals surface area contributed by atoms with Gasteiger partial charge in [-0.15, -0.1) is 0 Å². The van der Waals surface area contributed by atoms with Gasteiger partial charge in [0.25, 0.3) is 0 Å². The zero-order chi connectivity index (χ0) is 17.1. The van der Waals surface area contributed by atoms with Crippen LogP contribution in [-0.4, -0.2) is 23.0 Å². The first-order valence-electron chi connectivity index (χ1n) is 9.92. The fourth-order valence-corrected chi connectivity index (χ4v) is 7.26. The average Bonchev–Trinajstić information content (AvgIpc) is 2.83. The highest BCUT2D eigenvalue weighted by molar-refractivity contribution is 5.17. The molecular formula is C20H33NO3. The van der Waals surface area contributed by atoms with E-state index < -0.39 is 5.23 Å². The van der Waals surface area contributed by atoms with Gasteiger partial charge in [-0.1, -0.05) is 19.9 Å². The summed E-state index contributed by atoms with van der Waals surface area (Å²) in [5.74, 6) is 2.90. The Labute approximate surface area is 145 Å². The van der Waals surface area contributed by atoms with Crippen molar-refractivity contribution in [2.24, 2.45) is 34.5 Å². The highest BCUT2D eigenvalue weighted by atomic mass is 16.8. The Balaban J connectivity index is 1.57. The van der Waals surface area contributed by atoms with Gasteiger partial charge in [0.1, 0.15) is 6.54 Å². The fourth-order valence-electron chi connectivity index (χ4n) is 7.26. The summed E-state index contributed by atoms with van der Waals surface area (Å²) in [6.45, 7) is 5.05. The quantitative estimate of drug-likeness (QED) is 0.537. The second-order valence-electron chi connectivity index (χ2n) is 9.64. The summed E-state index contributed by atoms with van der Waals surface area (Å²) < 4.78 is 0. The maximum atomic E-state index is 11.1. The number of hydroxylamine groups is 2. The van der Waals surface area contributed by atoms with Crippen molar-refractivity contribution >= 4 is 0 Å². The zero-order valence-corrected chi connectivity index (χ0v) is 15.1. The van der Waals surface area contributed by atoms with Crippen LogP contribution in [0.1, 0.15) is 65.2 Å². The van der Waals surface area contributed by atoms with Crippen LogP contribution in [0.5, 0.6) is 0 Å². The lowest BCUT2D eigenvalue weighted by Crippen LogP contribution is -3.04. The van der Waals surface area contributed by atoms with E-state index in [0.717, 1.165) is 36.7 Å². The largest absolute Gasteiger partial charge is 0.600 e. The van der Waals surface area contributed by atoms with Crippen LogP contribution in [-0.2, 0) is 0 Å². The second kappa shape index (κ2) is 5.80. The van der Waals surface area contributed by atoms with Crippen LogP contribution in [0.4, 0.5) is 0 Å². The molecule has 0 aromatic rings. The molecule has 0 bridgehead atoms. The van der Waals surface area contributed by atoms with Crippen LogP contribution < -0.4 is 5.23 Å². The van der Waals surface area contributed by atoms with E-state index in [0.29, 0.717) is 17.3 Å². The summed E-state index contributed by atoms with van der Waals surface area (Å²) in [5.41, 5.74) is 1.66. The molecule has 0 aromatic carbocycles. The van der Waals surface area contributed by atoms with Gasteiger partial charge in [-0.05, 0) is 91.4 Å². The van der Waals surface area contributed by atoms with Crippen LogP contribution >= 0.6 is 0 Å². The molecule has 0 amide bonds. The normalized spacial score (nSPS) is 52.0. The molecule has 0 saturated heterocycles. The summed E-state index contributed by atoms with van der Waals surface area (Å²) >= 11 is 0. The third-order valence-corrected chi connectivity index (χ3v) is 8.73. The molecule has 4 aliphatic rings. The van der Waals surface area contributed by atoms with Gasteiger partial charge in [-0.3, -0.25) is 0 Å². The smallest absolute Gasteiger partial charge is 0.128 e. The Kier molecular flexibility index (Phi) is 4.11. The van der Waals surface area contributed by atoms with E-state index in [1.807, 2.05) is 0 Å².